The highest BCUT2D eigenvalue weighted by molar-refractivity contribution is 6.18. The van der Waals surface area contributed by atoms with Gasteiger partial charge >= 0.3 is 5.69 Å². The first-order chi connectivity index (χ1) is 9.47. The van der Waals surface area contributed by atoms with Crippen LogP contribution in [0.2, 0.25) is 0 Å². The molecule has 0 saturated carbocycles. The molecule has 1 saturated heterocycles. The Labute approximate surface area is 118 Å². The minimum Gasteiger partial charge on any atom is -0.394 e. The van der Waals surface area contributed by atoms with Crippen LogP contribution in [0.4, 0.5) is 0 Å². The average molecular weight is 307 g/mol. The fourth-order valence-corrected chi connectivity index (χ4v) is 2.25. The summed E-state index contributed by atoms with van der Waals surface area (Å²) < 4.78 is 6.39. The summed E-state index contributed by atoms with van der Waals surface area (Å²) >= 11 is 5.48. The zero-order chi connectivity index (χ0) is 14.9. The Morgan fingerprint density at radius 1 is 1.55 bits per heavy atom. The maximum absolute atomic E-state index is 11.8. The van der Waals surface area contributed by atoms with Crippen molar-refractivity contribution in [3.05, 3.63) is 32.6 Å². The molecular formula is C11H15ClN2O6. The van der Waals surface area contributed by atoms with Gasteiger partial charge < -0.3 is 20.1 Å². The fourth-order valence-electron chi connectivity index (χ4n) is 2.09. The van der Waals surface area contributed by atoms with Crippen LogP contribution in [0.5, 0.6) is 0 Å². The number of nitrogens with one attached hydrogen (secondary N) is 1. The predicted octanol–water partition coefficient (Wildman–Crippen LogP) is -1.55. The number of aromatic amines is 1. The first-order valence-electron chi connectivity index (χ1n) is 6.01. The molecule has 20 heavy (non-hydrogen) atoms. The molecular weight excluding hydrogens is 292 g/mol. The van der Waals surface area contributed by atoms with E-state index in [-0.39, 0.29) is 24.5 Å². The molecule has 0 amide bonds. The first-order valence-corrected chi connectivity index (χ1v) is 6.55. The molecule has 0 spiro atoms. The van der Waals surface area contributed by atoms with Crippen molar-refractivity contribution < 1.29 is 20.1 Å². The highest BCUT2D eigenvalue weighted by Crippen LogP contribution is 2.27. The Kier molecular flexibility index (Phi) is 4.61. The number of aliphatic hydroxyl groups is 3. The average Bonchev–Trinajstić information content (AvgIpc) is 2.79. The van der Waals surface area contributed by atoms with Gasteiger partial charge in [0.05, 0.1) is 30.3 Å². The van der Waals surface area contributed by atoms with Gasteiger partial charge in [0.25, 0.3) is 5.56 Å². The van der Waals surface area contributed by atoms with Gasteiger partial charge in [0.2, 0.25) is 0 Å². The fraction of sp³-hybridized carbons (Fsp3) is 0.636. The number of hydrogen-bond acceptors (Lipinski definition) is 6. The lowest BCUT2D eigenvalue weighted by atomic mass is 10.2. The first kappa shape index (κ1) is 15.2. The minimum absolute atomic E-state index is 0.0647. The summed E-state index contributed by atoms with van der Waals surface area (Å²) in [6.07, 6.45) is -2.50. The van der Waals surface area contributed by atoms with Crippen molar-refractivity contribution in [1.29, 1.82) is 0 Å². The van der Waals surface area contributed by atoms with Gasteiger partial charge in [-0.2, -0.15) is 0 Å². The Hall–Kier alpha value is -1.19. The molecule has 1 aliphatic rings. The molecule has 2 rings (SSSR count). The van der Waals surface area contributed by atoms with Gasteiger partial charge in [0.15, 0.2) is 0 Å². The third kappa shape index (κ3) is 2.79. The van der Waals surface area contributed by atoms with E-state index in [1.165, 1.54) is 0 Å². The lowest BCUT2D eigenvalue weighted by molar-refractivity contribution is -0.0461. The smallest absolute Gasteiger partial charge is 0.330 e. The summed E-state index contributed by atoms with van der Waals surface area (Å²) in [6.45, 7) is -0.382. The molecule has 0 radical (unpaired) electrons. The minimum atomic E-state index is -1.22. The third-order valence-corrected chi connectivity index (χ3v) is 3.49. The highest BCUT2D eigenvalue weighted by Gasteiger charge is 2.35. The number of H-pyrrole nitrogens is 1. The molecule has 1 unspecified atom stereocenters. The van der Waals surface area contributed by atoms with Crippen molar-refractivity contribution in [3.8, 4) is 0 Å². The van der Waals surface area contributed by atoms with Gasteiger partial charge in [0.1, 0.15) is 12.3 Å². The van der Waals surface area contributed by atoms with E-state index in [0.717, 1.165) is 10.8 Å². The second-order valence-corrected chi connectivity index (χ2v) is 4.84. The Morgan fingerprint density at radius 3 is 2.80 bits per heavy atom. The Morgan fingerprint density at radius 2 is 2.25 bits per heavy atom. The van der Waals surface area contributed by atoms with E-state index in [1.807, 2.05) is 0 Å². The summed E-state index contributed by atoms with van der Waals surface area (Å²) in [7, 11) is 0. The van der Waals surface area contributed by atoms with Crippen LogP contribution < -0.4 is 11.2 Å². The van der Waals surface area contributed by atoms with Crippen LogP contribution in [0, 0.1) is 0 Å². The number of alkyl halides is 1. The normalized spacial score (nSPS) is 27.7. The number of halogens is 1. The van der Waals surface area contributed by atoms with Crippen LogP contribution in [-0.4, -0.2) is 49.6 Å². The molecule has 0 aliphatic carbocycles. The molecule has 112 valence electrons. The molecule has 8 nitrogen and oxygen atoms in total. The monoisotopic (exact) mass is 306 g/mol. The topological polar surface area (TPSA) is 125 Å². The van der Waals surface area contributed by atoms with Gasteiger partial charge in [0, 0.05) is 12.6 Å². The zero-order valence-corrected chi connectivity index (χ0v) is 11.2. The quantitative estimate of drug-likeness (QED) is 0.499. The van der Waals surface area contributed by atoms with Gasteiger partial charge in [-0.25, -0.2) is 4.79 Å². The molecule has 1 fully saturated rings. The largest absolute Gasteiger partial charge is 0.394 e. The van der Waals surface area contributed by atoms with Crippen molar-refractivity contribution in [2.24, 2.45) is 0 Å². The molecule has 0 bridgehead atoms. The van der Waals surface area contributed by atoms with E-state index in [1.54, 1.807) is 0 Å². The van der Waals surface area contributed by atoms with Gasteiger partial charge in [-0.05, 0) is 0 Å². The van der Waals surface area contributed by atoms with E-state index in [2.05, 4.69) is 4.98 Å². The highest BCUT2D eigenvalue weighted by atomic mass is 35.5. The second kappa shape index (κ2) is 6.06. The van der Waals surface area contributed by atoms with E-state index < -0.39 is 35.8 Å². The van der Waals surface area contributed by atoms with E-state index in [0.29, 0.717) is 0 Å². The van der Waals surface area contributed by atoms with E-state index in [9.17, 15) is 19.8 Å². The summed E-state index contributed by atoms with van der Waals surface area (Å²) in [5, 5.41) is 28.3. The summed E-state index contributed by atoms with van der Waals surface area (Å²) in [6, 6.07) is 0. The molecule has 4 atom stereocenters. The number of rotatable bonds is 4. The Balaban J connectivity index is 2.38. The Bertz CT molecular complexity index is 585. The molecule has 1 aromatic heterocycles. The molecule has 1 aromatic rings. The van der Waals surface area contributed by atoms with Crippen molar-refractivity contribution in [1.82, 2.24) is 9.55 Å². The SMILES string of the molecule is O=c1[nH]c(=O)n([C@H]2C[C@H](O)[C@@H](CO)O2)cc1C(O)CCl. The second-order valence-electron chi connectivity index (χ2n) is 4.54. The summed E-state index contributed by atoms with van der Waals surface area (Å²) in [5.41, 5.74) is -1.52. The standard InChI is InChI=1S/C11H15ClN2O6/c12-2-7(17)5-3-14(11(19)13-10(5)18)9-1-6(16)8(4-15)20-9/h3,6-9,15-17H,1-2,4H2,(H,13,18,19)/t6-,7?,8+,9+/m0/s1. The molecule has 4 N–H and O–H groups in total. The van der Waals surface area contributed by atoms with E-state index >= 15 is 0 Å². The van der Waals surface area contributed by atoms with Crippen LogP contribution in [0.25, 0.3) is 0 Å². The lowest BCUT2D eigenvalue weighted by Gasteiger charge is -2.16. The van der Waals surface area contributed by atoms with Crippen LogP contribution in [0.3, 0.4) is 0 Å². The van der Waals surface area contributed by atoms with Crippen LogP contribution in [-0.2, 0) is 4.74 Å². The van der Waals surface area contributed by atoms with Crippen LogP contribution in [0.1, 0.15) is 24.3 Å². The predicted molar refractivity (Wildman–Crippen MR) is 68.6 cm³/mol. The van der Waals surface area contributed by atoms with E-state index in [4.69, 9.17) is 21.4 Å². The lowest BCUT2D eigenvalue weighted by Crippen LogP contribution is -2.35. The number of aliphatic hydroxyl groups excluding tert-OH is 3. The molecule has 1 aliphatic heterocycles. The van der Waals surface area contributed by atoms with Gasteiger partial charge in [-0.1, -0.05) is 0 Å². The number of aromatic nitrogens is 2. The molecule has 9 heteroatoms. The molecule has 0 aromatic carbocycles. The zero-order valence-electron chi connectivity index (χ0n) is 10.4. The van der Waals surface area contributed by atoms with Crippen LogP contribution >= 0.6 is 11.6 Å². The molecule has 2 heterocycles. The maximum Gasteiger partial charge on any atom is 0.330 e. The number of nitrogens with zero attached hydrogens (tertiary/aromatic N) is 1. The van der Waals surface area contributed by atoms with Crippen LogP contribution in [0.15, 0.2) is 15.8 Å². The van der Waals surface area contributed by atoms with Gasteiger partial charge in [-0.15, -0.1) is 11.6 Å². The van der Waals surface area contributed by atoms with Crippen molar-refractivity contribution in [2.75, 3.05) is 12.5 Å². The summed E-state index contributed by atoms with van der Waals surface area (Å²) in [5.74, 6) is -0.200. The van der Waals surface area contributed by atoms with Crippen molar-refractivity contribution in [2.45, 2.75) is 31.0 Å². The van der Waals surface area contributed by atoms with Crippen molar-refractivity contribution >= 4 is 11.6 Å². The summed E-state index contributed by atoms with van der Waals surface area (Å²) in [4.78, 5) is 25.4. The van der Waals surface area contributed by atoms with Crippen molar-refractivity contribution in [3.63, 3.8) is 0 Å². The number of hydrogen-bond donors (Lipinski definition) is 4. The van der Waals surface area contributed by atoms with Gasteiger partial charge in [-0.3, -0.25) is 14.3 Å². The number of ether oxygens (including phenoxy) is 1. The maximum atomic E-state index is 11.8. The third-order valence-electron chi connectivity index (χ3n) is 3.19.